The number of benzene rings is 1. The minimum absolute atomic E-state index is 0.103. The second kappa shape index (κ2) is 7.09. The first kappa shape index (κ1) is 16.2. The first-order valence-corrected chi connectivity index (χ1v) is 7.85. The summed E-state index contributed by atoms with van der Waals surface area (Å²) in [6, 6.07) is 6.21. The fraction of sp³-hybridized carbons (Fsp3) is 0.562. The molecule has 1 rings (SSSR count). The number of nitrogens with one attached hydrogen (secondary N) is 1. The van der Waals surface area contributed by atoms with Crippen LogP contribution in [-0.2, 0) is 11.2 Å². The van der Waals surface area contributed by atoms with Crippen molar-refractivity contribution in [3.05, 3.63) is 34.9 Å². The van der Waals surface area contributed by atoms with Crippen molar-refractivity contribution in [2.45, 2.75) is 40.5 Å². The highest BCUT2D eigenvalue weighted by molar-refractivity contribution is 9.09. The Bertz CT molecular complexity index is 440. The predicted octanol–water partition coefficient (Wildman–Crippen LogP) is 3.77. The molecule has 0 spiro atoms. The molecular formula is C16H24BrNO. The lowest BCUT2D eigenvalue weighted by Gasteiger charge is -2.23. The van der Waals surface area contributed by atoms with Gasteiger partial charge in [0.05, 0.1) is 6.42 Å². The zero-order chi connectivity index (χ0) is 14.5. The molecule has 1 aromatic rings. The molecule has 0 saturated heterocycles. The van der Waals surface area contributed by atoms with E-state index in [0.29, 0.717) is 6.42 Å². The average Bonchev–Trinajstić information content (AvgIpc) is 2.32. The lowest BCUT2D eigenvalue weighted by atomic mass is 9.90. The molecule has 1 amide bonds. The van der Waals surface area contributed by atoms with Gasteiger partial charge in [-0.3, -0.25) is 4.79 Å². The third-order valence-corrected chi connectivity index (χ3v) is 3.87. The molecule has 0 bridgehead atoms. The van der Waals surface area contributed by atoms with Gasteiger partial charge in [-0.1, -0.05) is 48.0 Å². The number of carbonyl (C=O) groups excluding carboxylic acids is 1. The first-order valence-electron chi connectivity index (χ1n) is 6.73. The normalized spacial score (nSPS) is 11.4. The van der Waals surface area contributed by atoms with Crippen LogP contribution in [0, 0.1) is 19.3 Å². The van der Waals surface area contributed by atoms with E-state index in [9.17, 15) is 4.79 Å². The molecule has 0 aliphatic rings. The van der Waals surface area contributed by atoms with Gasteiger partial charge in [-0.15, -0.1) is 0 Å². The Labute approximate surface area is 125 Å². The lowest BCUT2D eigenvalue weighted by molar-refractivity contribution is -0.120. The van der Waals surface area contributed by atoms with Gasteiger partial charge in [0.15, 0.2) is 0 Å². The summed E-state index contributed by atoms with van der Waals surface area (Å²) >= 11 is 3.45. The van der Waals surface area contributed by atoms with Crippen molar-refractivity contribution < 1.29 is 4.79 Å². The molecule has 0 aliphatic heterocycles. The van der Waals surface area contributed by atoms with E-state index in [0.717, 1.165) is 23.9 Å². The van der Waals surface area contributed by atoms with Crippen LogP contribution in [0.25, 0.3) is 0 Å². The third-order valence-electron chi connectivity index (χ3n) is 3.47. The Morgan fingerprint density at radius 3 is 2.53 bits per heavy atom. The number of alkyl halides is 1. The van der Waals surface area contributed by atoms with Gasteiger partial charge in [0, 0.05) is 11.9 Å². The number of rotatable bonds is 6. The maximum atomic E-state index is 11.9. The fourth-order valence-corrected chi connectivity index (χ4v) is 2.92. The summed E-state index contributed by atoms with van der Waals surface area (Å²) in [6.07, 6.45) is 1.52. The van der Waals surface area contributed by atoms with Crippen molar-refractivity contribution in [1.29, 1.82) is 0 Å². The molecule has 3 heteroatoms. The minimum Gasteiger partial charge on any atom is -0.355 e. The van der Waals surface area contributed by atoms with Crippen molar-refractivity contribution in [2.24, 2.45) is 5.41 Å². The monoisotopic (exact) mass is 325 g/mol. The molecule has 0 aliphatic carbocycles. The highest BCUT2D eigenvalue weighted by atomic mass is 79.9. The highest BCUT2D eigenvalue weighted by Crippen LogP contribution is 2.20. The smallest absolute Gasteiger partial charge is 0.224 e. The molecule has 1 aromatic carbocycles. The number of hydrogen-bond acceptors (Lipinski definition) is 1. The molecular weight excluding hydrogens is 302 g/mol. The SMILES string of the molecule is Cc1ccc(CC(=O)NCC(C)(C)CCBr)cc1C. The quantitative estimate of drug-likeness (QED) is 0.792. The first-order chi connectivity index (χ1) is 8.84. The minimum atomic E-state index is 0.103. The molecule has 0 saturated carbocycles. The zero-order valence-corrected chi connectivity index (χ0v) is 13.9. The van der Waals surface area contributed by atoms with Gasteiger partial charge in [-0.2, -0.15) is 0 Å². The molecule has 0 radical (unpaired) electrons. The van der Waals surface area contributed by atoms with Crippen molar-refractivity contribution in [2.75, 3.05) is 11.9 Å². The molecule has 19 heavy (non-hydrogen) atoms. The summed E-state index contributed by atoms with van der Waals surface area (Å²) in [5.41, 5.74) is 3.73. The summed E-state index contributed by atoms with van der Waals surface area (Å²) in [5.74, 6) is 0.103. The van der Waals surface area contributed by atoms with Crippen LogP contribution >= 0.6 is 15.9 Å². The van der Waals surface area contributed by atoms with Crippen molar-refractivity contribution in [3.8, 4) is 0 Å². The molecule has 0 heterocycles. The number of halogens is 1. The van der Waals surface area contributed by atoms with Gasteiger partial charge in [0.2, 0.25) is 5.91 Å². The maximum Gasteiger partial charge on any atom is 0.224 e. The molecule has 0 fully saturated rings. The van der Waals surface area contributed by atoms with E-state index < -0.39 is 0 Å². The number of carbonyl (C=O) groups is 1. The Kier molecular flexibility index (Phi) is 6.05. The van der Waals surface area contributed by atoms with Gasteiger partial charge in [-0.25, -0.2) is 0 Å². The topological polar surface area (TPSA) is 29.1 Å². The molecule has 0 atom stereocenters. The van der Waals surface area contributed by atoms with E-state index in [-0.39, 0.29) is 11.3 Å². The summed E-state index contributed by atoms with van der Waals surface area (Å²) in [5, 5.41) is 4.00. The van der Waals surface area contributed by atoms with Gasteiger partial charge in [0.1, 0.15) is 0 Å². The van der Waals surface area contributed by atoms with Crippen LogP contribution in [-0.4, -0.2) is 17.8 Å². The van der Waals surface area contributed by atoms with Crippen molar-refractivity contribution in [1.82, 2.24) is 5.32 Å². The Morgan fingerprint density at radius 1 is 1.26 bits per heavy atom. The van der Waals surface area contributed by atoms with E-state index in [4.69, 9.17) is 0 Å². The van der Waals surface area contributed by atoms with Crippen LogP contribution in [0.1, 0.15) is 37.0 Å². The van der Waals surface area contributed by atoms with E-state index in [1.807, 2.05) is 6.07 Å². The Morgan fingerprint density at radius 2 is 1.95 bits per heavy atom. The van der Waals surface area contributed by atoms with E-state index >= 15 is 0 Å². The fourth-order valence-electron chi connectivity index (χ4n) is 1.84. The molecule has 1 N–H and O–H groups in total. The van der Waals surface area contributed by atoms with Crippen LogP contribution < -0.4 is 5.32 Å². The summed E-state index contributed by atoms with van der Waals surface area (Å²) in [4.78, 5) is 11.9. The molecule has 0 aromatic heterocycles. The van der Waals surface area contributed by atoms with Crippen LogP contribution in [0.15, 0.2) is 18.2 Å². The van der Waals surface area contributed by atoms with Crippen LogP contribution in [0.5, 0.6) is 0 Å². The van der Waals surface area contributed by atoms with Gasteiger partial charge >= 0.3 is 0 Å². The molecule has 106 valence electrons. The lowest BCUT2D eigenvalue weighted by Crippen LogP contribution is -2.35. The third kappa shape index (κ3) is 5.77. The van der Waals surface area contributed by atoms with Crippen molar-refractivity contribution >= 4 is 21.8 Å². The largest absolute Gasteiger partial charge is 0.355 e. The van der Waals surface area contributed by atoms with Crippen LogP contribution in [0.3, 0.4) is 0 Å². The van der Waals surface area contributed by atoms with E-state index in [2.05, 4.69) is 61.1 Å². The second-order valence-corrected chi connectivity index (χ2v) is 6.77. The summed E-state index contributed by atoms with van der Waals surface area (Å²) < 4.78 is 0. The summed E-state index contributed by atoms with van der Waals surface area (Å²) in [7, 11) is 0. The highest BCUT2D eigenvalue weighted by Gasteiger charge is 2.17. The van der Waals surface area contributed by atoms with E-state index in [1.165, 1.54) is 11.1 Å². The number of aryl methyl sites for hydroxylation is 2. The maximum absolute atomic E-state index is 11.9. The molecule has 0 unspecified atom stereocenters. The average molecular weight is 326 g/mol. The standard InChI is InChI=1S/C16H24BrNO/c1-12-5-6-14(9-13(12)2)10-15(19)18-11-16(3,4)7-8-17/h5-6,9H,7-8,10-11H2,1-4H3,(H,18,19). The zero-order valence-electron chi connectivity index (χ0n) is 12.3. The number of amides is 1. The Hall–Kier alpha value is -0.830. The van der Waals surface area contributed by atoms with Crippen molar-refractivity contribution in [3.63, 3.8) is 0 Å². The van der Waals surface area contributed by atoms with E-state index in [1.54, 1.807) is 0 Å². The second-order valence-electron chi connectivity index (χ2n) is 5.98. The predicted molar refractivity (Wildman–Crippen MR) is 84.8 cm³/mol. The van der Waals surface area contributed by atoms with Gasteiger partial charge in [-0.05, 0) is 42.4 Å². The van der Waals surface area contributed by atoms with Crippen LogP contribution in [0.4, 0.5) is 0 Å². The van der Waals surface area contributed by atoms with Gasteiger partial charge < -0.3 is 5.32 Å². The number of hydrogen-bond donors (Lipinski definition) is 1. The molecule has 2 nitrogen and oxygen atoms in total. The van der Waals surface area contributed by atoms with Crippen LogP contribution in [0.2, 0.25) is 0 Å². The van der Waals surface area contributed by atoms with Gasteiger partial charge in [0.25, 0.3) is 0 Å². The summed E-state index contributed by atoms with van der Waals surface area (Å²) in [6.45, 7) is 9.23. The Balaban J connectivity index is 2.49.